The van der Waals surface area contributed by atoms with Crippen LogP contribution in [0.5, 0.6) is 5.75 Å². The first-order chi connectivity index (χ1) is 20.2. The molecule has 13 heteroatoms. The minimum atomic E-state index is -4.92. The van der Waals surface area contributed by atoms with E-state index in [1.54, 1.807) is 48.2 Å². The summed E-state index contributed by atoms with van der Waals surface area (Å²) in [7, 11) is -4.25. The van der Waals surface area contributed by atoms with Gasteiger partial charge in [0, 0.05) is 42.6 Å². The van der Waals surface area contributed by atoms with Crippen LogP contribution < -0.4 is 14.4 Å². The van der Waals surface area contributed by atoms with Crippen molar-refractivity contribution >= 4 is 39.1 Å². The summed E-state index contributed by atoms with van der Waals surface area (Å²) in [6, 6.07) is 15.4. The molecule has 0 saturated carbocycles. The van der Waals surface area contributed by atoms with Gasteiger partial charge in [0.25, 0.3) is 15.9 Å². The van der Waals surface area contributed by atoms with Gasteiger partial charge in [-0.05, 0) is 79.4 Å². The van der Waals surface area contributed by atoms with Crippen molar-refractivity contribution in [2.75, 3.05) is 17.4 Å². The van der Waals surface area contributed by atoms with Crippen molar-refractivity contribution in [2.24, 2.45) is 0 Å². The molecule has 1 fully saturated rings. The van der Waals surface area contributed by atoms with Crippen LogP contribution in [0, 0.1) is 0 Å². The van der Waals surface area contributed by atoms with Gasteiger partial charge < -0.3 is 15.0 Å². The Morgan fingerprint density at radius 3 is 2.30 bits per heavy atom. The Kier molecular flexibility index (Phi) is 8.12. The summed E-state index contributed by atoms with van der Waals surface area (Å²) in [4.78, 5) is 26.8. The van der Waals surface area contributed by atoms with Crippen LogP contribution in [-0.2, 0) is 26.8 Å². The normalized spacial score (nSPS) is 18.0. The summed E-state index contributed by atoms with van der Waals surface area (Å²) in [5.41, 5.74) is 1.40. The van der Waals surface area contributed by atoms with E-state index in [0.29, 0.717) is 47.8 Å². The highest BCUT2D eigenvalue weighted by atomic mass is 35.5. The van der Waals surface area contributed by atoms with Gasteiger partial charge in [-0.2, -0.15) is 0 Å². The van der Waals surface area contributed by atoms with Crippen molar-refractivity contribution in [3.8, 4) is 5.75 Å². The van der Waals surface area contributed by atoms with Gasteiger partial charge in [-0.25, -0.2) is 8.42 Å². The number of rotatable bonds is 6. The van der Waals surface area contributed by atoms with Crippen LogP contribution in [0.25, 0.3) is 0 Å². The molecule has 2 aliphatic heterocycles. The van der Waals surface area contributed by atoms with Crippen LogP contribution in [0.3, 0.4) is 0 Å². The highest BCUT2D eigenvalue weighted by Gasteiger charge is 2.54. The molecule has 8 nitrogen and oxygen atoms in total. The number of halogens is 4. The Hall–Kier alpha value is -3.77. The summed E-state index contributed by atoms with van der Waals surface area (Å²) < 4.78 is 71.2. The van der Waals surface area contributed by atoms with Crippen LogP contribution in [0.1, 0.15) is 48.2 Å². The molecule has 0 aromatic heterocycles. The number of sulfonamides is 1. The lowest BCUT2D eigenvalue weighted by molar-refractivity contribution is -0.274. The van der Waals surface area contributed by atoms with E-state index in [9.17, 15) is 31.2 Å². The summed E-state index contributed by atoms with van der Waals surface area (Å²) in [5, 5.41) is 3.37. The largest absolute Gasteiger partial charge is 0.573 e. The number of piperidine rings is 1. The zero-order valence-electron chi connectivity index (χ0n) is 23.3. The first-order valence-electron chi connectivity index (χ1n) is 13.5. The second-order valence-electron chi connectivity index (χ2n) is 10.7. The SMILES string of the molecule is CC(=O)N1CCC2(CC1)c1cc(C(=O)NCc3ccccc3Cl)ccc1N(S(=O)(=O)c1ccc(OC(F)(F)F)cc1)C2C. The minimum Gasteiger partial charge on any atom is -0.406 e. The van der Waals surface area contributed by atoms with Gasteiger partial charge in [0.2, 0.25) is 5.91 Å². The number of alkyl halides is 3. The van der Waals surface area contributed by atoms with E-state index in [-0.39, 0.29) is 23.3 Å². The molecule has 0 bridgehead atoms. The topological polar surface area (TPSA) is 96.0 Å². The number of ether oxygens (including phenoxy) is 1. The summed E-state index contributed by atoms with van der Waals surface area (Å²) in [5.74, 6) is -0.992. The Morgan fingerprint density at radius 1 is 1.05 bits per heavy atom. The molecule has 3 aromatic rings. The van der Waals surface area contributed by atoms with E-state index in [0.717, 1.165) is 29.8 Å². The number of fused-ring (bicyclic) bond motifs is 2. The highest BCUT2D eigenvalue weighted by molar-refractivity contribution is 7.92. The lowest BCUT2D eigenvalue weighted by atomic mass is 9.70. The molecule has 43 heavy (non-hydrogen) atoms. The molecule has 1 atom stereocenters. The van der Waals surface area contributed by atoms with Crippen molar-refractivity contribution < 1.29 is 35.9 Å². The van der Waals surface area contributed by atoms with Gasteiger partial charge >= 0.3 is 6.36 Å². The first kappa shape index (κ1) is 30.7. The van der Waals surface area contributed by atoms with E-state index in [1.807, 2.05) is 6.07 Å². The molecular formula is C30H29ClF3N3O5S. The van der Waals surface area contributed by atoms with Crippen molar-refractivity contribution in [1.29, 1.82) is 0 Å². The number of hydrogen-bond acceptors (Lipinski definition) is 5. The number of nitrogens with one attached hydrogen (secondary N) is 1. The molecule has 1 saturated heterocycles. The molecule has 2 amide bonds. The molecule has 1 unspecified atom stereocenters. The fraction of sp³-hybridized carbons (Fsp3) is 0.333. The lowest BCUT2D eigenvalue weighted by Gasteiger charge is -2.43. The zero-order chi connectivity index (χ0) is 31.2. The van der Waals surface area contributed by atoms with Gasteiger partial charge in [0.15, 0.2) is 0 Å². The molecule has 2 heterocycles. The third kappa shape index (κ3) is 5.90. The van der Waals surface area contributed by atoms with Gasteiger partial charge in [-0.1, -0.05) is 29.8 Å². The smallest absolute Gasteiger partial charge is 0.406 e. The first-order valence-corrected chi connectivity index (χ1v) is 15.4. The van der Waals surface area contributed by atoms with Crippen LogP contribution in [0.4, 0.5) is 18.9 Å². The van der Waals surface area contributed by atoms with Gasteiger partial charge in [-0.15, -0.1) is 13.2 Å². The lowest BCUT2D eigenvalue weighted by Crippen LogP contribution is -2.52. The maximum Gasteiger partial charge on any atom is 0.573 e. The van der Waals surface area contributed by atoms with Gasteiger partial charge in [-0.3, -0.25) is 13.9 Å². The van der Waals surface area contributed by atoms with Crippen molar-refractivity contribution in [3.05, 3.63) is 88.4 Å². The maximum absolute atomic E-state index is 14.0. The molecule has 1 spiro atoms. The number of amides is 2. The summed E-state index contributed by atoms with van der Waals surface area (Å²) in [6.07, 6.45) is -4.01. The summed E-state index contributed by atoms with van der Waals surface area (Å²) >= 11 is 6.23. The van der Waals surface area contributed by atoms with Crippen molar-refractivity contribution in [1.82, 2.24) is 10.2 Å². The third-order valence-corrected chi connectivity index (χ3v) is 10.6. The monoisotopic (exact) mass is 635 g/mol. The second kappa shape index (κ2) is 11.4. The zero-order valence-corrected chi connectivity index (χ0v) is 24.9. The molecule has 3 aromatic carbocycles. The number of carbonyl (C=O) groups excluding carboxylic acids is 2. The molecule has 5 rings (SSSR count). The number of nitrogens with zero attached hydrogens (tertiary/aromatic N) is 2. The highest BCUT2D eigenvalue weighted by Crippen LogP contribution is 2.53. The fourth-order valence-corrected chi connectivity index (χ4v) is 7.96. The number of benzene rings is 3. The Balaban J connectivity index is 1.51. The van der Waals surface area contributed by atoms with Crippen molar-refractivity contribution in [2.45, 2.75) is 55.9 Å². The van der Waals surface area contributed by atoms with E-state index in [2.05, 4.69) is 10.1 Å². The van der Waals surface area contributed by atoms with E-state index < -0.39 is 33.6 Å². The average molecular weight is 636 g/mol. The number of hydrogen-bond donors (Lipinski definition) is 1. The number of likely N-dealkylation sites (tertiary alicyclic amines) is 1. The second-order valence-corrected chi connectivity index (χ2v) is 12.9. The quantitative estimate of drug-likeness (QED) is 0.378. The molecule has 2 aliphatic rings. The van der Waals surface area contributed by atoms with E-state index in [4.69, 9.17) is 11.6 Å². The predicted molar refractivity (Wildman–Crippen MR) is 154 cm³/mol. The standard InChI is InChI=1S/C30H29ClF3N3O5S/c1-19-29(13-15-36(16-14-29)20(2)38)25-17-21(28(39)35-18-22-5-3-4-6-26(22)31)7-12-27(25)37(19)43(40,41)24-10-8-23(9-11-24)42-30(32,33)34/h3-12,17,19H,13-16,18H2,1-2H3,(H,35,39). The Morgan fingerprint density at radius 2 is 1.70 bits per heavy atom. The molecule has 0 aliphatic carbocycles. The number of carbonyl (C=O) groups is 2. The molecule has 1 N–H and O–H groups in total. The fourth-order valence-electron chi connectivity index (χ4n) is 6.02. The van der Waals surface area contributed by atoms with Crippen LogP contribution in [0.2, 0.25) is 5.02 Å². The molecule has 228 valence electrons. The Labute approximate surface area is 252 Å². The predicted octanol–water partition coefficient (Wildman–Crippen LogP) is 5.65. The third-order valence-electron chi connectivity index (χ3n) is 8.30. The van der Waals surface area contributed by atoms with E-state index in [1.165, 1.54) is 11.2 Å². The number of anilines is 1. The van der Waals surface area contributed by atoms with Crippen LogP contribution >= 0.6 is 11.6 Å². The van der Waals surface area contributed by atoms with Crippen LogP contribution in [0.15, 0.2) is 71.6 Å². The maximum atomic E-state index is 14.0. The van der Waals surface area contributed by atoms with Gasteiger partial charge in [0.1, 0.15) is 5.75 Å². The van der Waals surface area contributed by atoms with E-state index >= 15 is 0 Å². The van der Waals surface area contributed by atoms with Crippen LogP contribution in [-0.4, -0.2) is 50.6 Å². The Bertz CT molecular complexity index is 1660. The average Bonchev–Trinajstić information content (AvgIpc) is 3.19. The van der Waals surface area contributed by atoms with Crippen molar-refractivity contribution in [3.63, 3.8) is 0 Å². The van der Waals surface area contributed by atoms with Gasteiger partial charge in [0.05, 0.1) is 16.6 Å². The summed E-state index contributed by atoms with van der Waals surface area (Å²) in [6.45, 7) is 4.26. The molecular weight excluding hydrogens is 607 g/mol. The minimum absolute atomic E-state index is 0.0842. The molecule has 0 radical (unpaired) electrons.